The van der Waals surface area contributed by atoms with E-state index in [0.717, 1.165) is 18.2 Å². The third-order valence-corrected chi connectivity index (χ3v) is 6.31. The molecular formula is C22H19ClF2N2O4S. The molecule has 0 bridgehead atoms. The first-order valence-corrected chi connectivity index (χ1v) is 11.2. The molecule has 0 heterocycles. The van der Waals surface area contributed by atoms with E-state index < -0.39 is 39.3 Å². The maximum atomic E-state index is 14.0. The van der Waals surface area contributed by atoms with E-state index in [4.69, 9.17) is 16.3 Å². The summed E-state index contributed by atoms with van der Waals surface area (Å²) in [6, 6.07) is 14.2. The van der Waals surface area contributed by atoms with E-state index >= 15 is 0 Å². The molecule has 3 aromatic carbocycles. The van der Waals surface area contributed by atoms with Gasteiger partial charge in [0.05, 0.1) is 17.0 Å². The van der Waals surface area contributed by atoms with Crippen LogP contribution in [0.25, 0.3) is 0 Å². The monoisotopic (exact) mass is 480 g/mol. The second-order valence-corrected chi connectivity index (χ2v) is 8.87. The van der Waals surface area contributed by atoms with E-state index in [1.165, 1.54) is 25.3 Å². The van der Waals surface area contributed by atoms with Gasteiger partial charge in [-0.05, 0) is 42.3 Å². The maximum absolute atomic E-state index is 14.0. The molecule has 3 aromatic rings. The summed E-state index contributed by atoms with van der Waals surface area (Å²) in [5, 5.41) is 2.20. The molecule has 1 amide bonds. The molecule has 32 heavy (non-hydrogen) atoms. The minimum Gasteiger partial charge on any atom is -0.495 e. The van der Waals surface area contributed by atoms with Gasteiger partial charge in [0, 0.05) is 0 Å². The summed E-state index contributed by atoms with van der Waals surface area (Å²) in [5.74, 6) is -2.62. The van der Waals surface area contributed by atoms with Crippen LogP contribution in [-0.4, -0.2) is 27.5 Å². The lowest BCUT2D eigenvalue weighted by molar-refractivity contribution is -0.117. The summed E-state index contributed by atoms with van der Waals surface area (Å²) in [7, 11) is -2.84. The van der Waals surface area contributed by atoms with E-state index in [1.54, 1.807) is 30.3 Å². The predicted molar refractivity (Wildman–Crippen MR) is 117 cm³/mol. The van der Waals surface area contributed by atoms with Gasteiger partial charge in [0.1, 0.15) is 29.1 Å². The number of hydrogen-bond acceptors (Lipinski definition) is 4. The minimum absolute atomic E-state index is 0.0628. The van der Waals surface area contributed by atoms with Crippen LogP contribution in [0.4, 0.5) is 14.5 Å². The highest BCUT2D eigenvalue weighted by Gasteiger charge is 2.28. The number of carbonyl (C=O) groups is 1. The van der Waals surface area contributed by atoms with Gasteiger partial charge in [-0.1, -0.05) is 48.0 Å². The largest absolute Gasteiger partial charge is 0.495 e. The lowest BCUT2D eigenvalue weighted by Gasteiger charge is -2.19. The molecule has 0 aromatic heterocycles. The summed E-state index contributed by atoms with van der Waals surface area (Å²) < 4.78 is 61.2. The number of amides is 1. The highest BCUT2D eigenvalue weighted by Crippen LogP contribution is 2.27. The Morgan fingerprint density at radius 1 is 1.03 bits per heavy atom. The van der Waals surface area contributed by atoms with Crippen LogP contribution in [0.15, 0.2) is 71.6 Å². The SMILES string of the molecule is COc1ccc(S(=O)(=O)N[C@H](Cc2ccccc2)C(=O)Nc2c(F)cccc2F)cc1Cl. The lowest BCUT2D eigenvalue weighted by atomic mass is 10.1. The number of halogens is 3. The number of anilines is 1. The van der Waals surface area contributed by atoms with Gasteiger partial charge in [0.25, 0.3) is 0 Å². The fourth-order valence-electron chi connectivity index (χ4n) is 2.93. The molecule has 0 unspecified atom stereocenters. The number of hydrogen-bond donors (Lipinski definition) is 2. The van der Waals surface area contributed by atoms with Crippen molar-refractivity contribution in [3.05, 3.63) is 89.0 Å². The van der Waals surface area contributed by atoms with Crippen molar-refractivity contribution in [3.63, 3.8) is 0 Å². The molecule has 10 heteroatoms. The second kappa shape index (κ2) is 10.1. The normalized spacial score (nSPS) is 12.2. The van der Waals surface area contributed by atoms with Gasteiger partial charge in [0.15, 0.2) is 0 Å². The molecule has 0 aliphatic carbocycles. The molecule has 0 spiro atoms. The predicted octanol–water partition coefficient (Wildman–Crippen LogP) is 4.16. The van der Waals surface area contributed by atoms with E-state index in [0.29, 0.717) is 5.56 Å². The Morgan fingerprint density at radius 2 is 1.69 bits per heavy atom. The molecule has 0 saturated carbocycles. The fourth-order valence-corrected chi connectivity index (χ4v) is 4.48. The van der Waals surface area contributed by atoms with Crippen molar-refractivity contribution in [2.75, 3.05) is 12.4 Å². The number of nitrogens with one attached hydrogen (secondary N) is 2. The Kier molecular flexibility index (Phi) is 7.44. The van der Waals surface area contributed by atoms with Crippen LogP contribution in [0, 0.1) is 11.6 Å². The fraction of sp³-hybridized carbons (Fsp3) is 0.136. The van der Waals surface area contributed by atoms with Crippen LogP contribution in [0.1, 0.15) is 5.56 Å². The Bertz CT molecular complexity index is 1200. The lowest BCUT2D eigenvalue weighted by Crippen LogP contribution is -2.45. The van der Waals surface area contributed by atoms with Gasteiger partial charge in [-0.25, -0.2) is 17.2 Å². The summed E-state index contributed by atoms with van der Waals surface area (Å²) in [6.07, 6.45) is -0.0636. The quantitative estimate of drug-likeness (QED) is 0.507. The summed E-state index contributed by atoms with van der Waals surface area (Å²) in [5.41, 5.74) is -0.0284. The van der Waals surface area contributed by atoms with E-state index in [2.05, 4.69) is 10.0 Å². The molecule has 0 fully saturated rings. The van der Waals surface area contributed by atoms with Gasteiger partial charge in [-0.2, -0.15) is 4.72 Å². The molecule has 0 saturated heterocycles. The Labute approximate surface area is 189 Å². The molecule has 168 valence electrons. The number of ether oxygens (including phenoxy) is 1. The average Bonchev–Trinajstić information content (AvgIpc) is 2.76. The zero-order valence-electron chi connectivity index (χ0n) is 16.8. The summed E-state index contributed by atoms with van der Waals surface area (Å²) >= 11 is 6.03. The zero-order chi connectivity index (χ0) is 23.3. The first-order valence-electron chi connectivity index (χ1n) is 9.36. The van der Waals surface area contributed by atoms with Crippen LogP contribution in [-0.2, 0) is 21.2 Å². The van der Waals surface area contributed by atoms with Crippen molar-refractivity contribution in [1.82, 2.24) is 4.72 Å². The Balaban J connectivity index is 1.92. The molecule has 6 nitrogen and oxygen atoms in total. The standard InChI is InChI=1S/C22H19ClF2N2O4S/c1-31-20-11-10-15(13-16(20)23)32(29,30)27-19(12-14-6-3-2-4-7-14)22(28)26-21-17(24)8-5-9-18(21)25/h2-11,13,19,27H,12H2,1H3,(H,26,28)/t19-/m1/s1. The van der Waals surface area contributed by atoms with E-state index in [9.17, 15) is 22.0 Å². The maximum Gasteiger partial charge on any atom is 0.243 e. The van der Waals surface area contributed by atoms with Gasteiger partial charge in [-0.3, -0.25) is 4.79 Å². The number of methoxy groups -OCH3 is 1. The number of carbonyl (C=O) groups excluding carboxylic acids is 1. The number of sulfonamides is 1. The molecular weight excluding hydrogens is 462 g/mol. The van der Waals surface area contributed by atoms with Crippen molar-refractivity contribution in [1.29, 1.82) is 0 Å². The van der Waals surface area contributed by atoms with Gasteiger partial charge < -0.3 is 10.1 Å². The molecule has 2 N–H and O–H groups in total. The van der Waals surface area contributed by atoms with Crippen LogP contribution in [0.3, 0.4) is 0 Å². The third-order valence-electron chi connectivity index (χ3n) is 4.54. The zero-order valence-corrected chi connectivity index (χ0v) is 18.4. The van der Waals surface area contributed by atoms with Crippen LogP contribution >= 0.6 is 11.6 Å². The Hall–Kier alpha value is -3.01. The van der Waals surface area contributed by atoms with Gasteiger partial charge >= 0.3 is 0 Å². The molecule has 0 radical (unpaired) electrons. The smallest absolute Gasteiger partial charge is 0.243 e. The second-order valence-electron chi connectivity index (χ2n) is 6.75. The van der Waals surface area contributed by atoms with Gasteiger partial charge in [-0.15, -0.1) is 0 Å². The summed E-state index contributed by atoms with van der Waals surface area (Å²) in [6.45, 7) is 0. The van der Waals surface area contributed by atoms with Gasteiger partial charge in [0.2, 0.25) is 15.9 Å². The minimum atomic E-state index is -4.22. The first kappa shape index (κ1) is 23.6. The highest BCUT2D eigenvalue weighted by molar-refractivity contribution is 7.89. The van der Waals surface area contributed by atoms with Crippen LogP contribution < -0.4 is 14.8 Å². The topological polar surface area (TPSA) is 84.5 Å². The van der Waals surface area contributed by atoms with E-state index in [-0.39, 0.29) is 22.1 Å². The number of para-hydroxylation sites is 1. The van der Waals surface area contributed by atoms with Crippen molar-refractivity contribution in [2.45, 2.75) is 17.4 Å². The highest BCUT2D eigenvalue weighted by atomic mass is 35.5. The molecule has 1 atom stereocenters. The third kappa shape index (κ3) is 5.61. The Morgan fingerprint density at radius 3 is 2.28 bits per heavy atom. The van der Waals surface area contributed by atoms with Crippen molar-refractivity contribution < 1.29 is 26.7 Å². The molecule has 0 aliphatic rings. The summed E-state index contributed by atoms with van der Waals surface area (Å²) in [4.78, 5) is 12.7. The molecule has 0 aliphatic heterocycles. The average molecular weight is 481 g/mol. The van der Waals surface area contributed by atoms with Crippen LogP contribution in [0.2, 0.25) is 5.02 Å². The van der Waals surface area contributed by atoms with Crippen molar-refractivity contribution in [2.24, 2.45) is 0 Å². The molecule has 3 rings (SSSR count). The first-order chi connectivity index (χ1) is 15.2. The van der Waals surface area contributed by atoms with Crippen molar-refractivity contribution >= 4 is 33.2 Å². The number of rotatable bonds is 8. The number of benzene rings is 3. The van der Waals surface area contributed by atoms with E-state index in [1.807, 2.05) is 0 Å². The van der Waals surface area contributed by atoms with Crippen molar-refractivity contribution in [3.8, 4) is 5.75 Å². The van der Waals surface area contributed by atoms with Crippen LogP contribution in [0.5, 0.6) is 5.75 Å².